The Bertz CT molecular complexity index is 508. The van der Waals surface area contributed by atoms with Crippen LogP contribution in [0.4, 0.5) is 8.78 Å². The highest BCUT2D eigenvalue weighted by Crippen LogP contribution is 2.41. The highest BCUT2D eigenvalue weighted by atomic mass is 19.3. The molecule has 1 aromatic rings. The van der Waals surface area contributed by atoms with Crippen LogP contribution in [0.15, 0.2) is 12.1 Å². The van der Waals surface area contributed by atoms with Crippen molar-refractivity contribution in [2.75, 3.05) is 13.2 Å². The summed E-state index contributed by atoms with van der Waals surface area (Å²) in [7, 11) is 0. The van der Waals surface area contributed by atoms with Gasteiger partial charge in [-0.05, 0) is 24.6 Å². The maximum Gasteiger partial charge on any atom is 0.310 e. The second-order valence-corrected chi connectivity index (χ2v) is 4.53. The molecule has 0 aliphatic carbocycles. The quantitative estimate of drug-likeness (QED) is 0.919. The number of carboxylic acid groups (broad SMARTS) is 1. The highest BCUT2D eigenvalue weighted by Gasteiger charge is 2.33. The van der Waals surface area contributed by atoms with E-state index in [0.717, 1.165) is 6.92 Å². The maximum absolute atomic E-state index is 13.6. The second-order valence-electron chi connectivity index (χ2n) is 4.53. The molecule has 0 spiro atoms. The van der Waals surface area contributed by atoms with Crippen molar-refractivity contribution in [2.24, 2.45) is 0 Å². The van der Waals surface area contributed by atoms with E-state index < -0.39 is 17.8 Å². The number of benzene rings is 1. The van der Waals surface area contributed by atoms with Crippen LogP contribution in [0.1, 0.15) is 30.9 Å². The SMILES string of the molecule is CC(C(=O)O)c1cc2c(cc1C(C)(F)F)OCCO2. The first kappa shape index (κ1) is 13.6. The van der Waals surface area contributed by atoms with Crippen LogP contribution in [0, 0.1) is 0 Å². The first-order chi connectivity index (χ1) is 8.80. The molecule has 0 saturated heterocycles. The van der Waals surface area contributed by atoms with E-state index in [0.29, 0.717) is 12.4 Å². The molecule has 0 bridgehead atoms. The zero-order chi connectivity index (χ0) is 14.2. The number of ether oxygens (including phenoxy) is 2. The number of carbonyl (C=O) groups is 1. The molecule has 1 heterocycles. The largest absolute Gasteiger partial charge is 0.486 e. The van der Waals surface area contributed by atoms with Crippen LogP contribution in [-0.4, -0.2) is 24.3 Å². The Morgan fingerprint density at radius 1 is 1.32 bits per heavy atom. The minimum absolute atomic E-state index is 0.0456. The van der Waals surface area contributed by atoms with E-state index >= 15 is 0 Å². The van der Waals surface area contributed by atoms with E-state index in [1.165, 1.54) is 19.1 Å². The maximum atomic E-state index is 13.6. The van der Waals surface area contributed by atoms with Crippen LogP contribution < -0.4 is 9.47 Å². The van der Waals surface area contributed by atoms with Gasteiger partial charge in [0.15, 0.2) is 11.5 Å². The molecule has 19 heavy (non-hydrogen) atoms. The Hall–Kier alpha value is -1.85. The van der Waals surface area contributed by atoms with Gasteiger partial charge in [0.05, 0.1) is 5.92 Å². The Kier molecular flexibility index (Phi) is 3.34. The van der Waals surface area contributed by atoms with Crippen LogP contribution in [0.25, 0.3) is 0 Å². The van der Waals surface area contributed by atoms with Crippen LogP contribution >= 0.6 is 0 Å². The lowest BCUT2D eigenvalue weighted by atomic mass is 9.92. The molecule has 104 valence electrons. The number of hydrogen-bond donors (Lipinski definition) is 1. The van der Waals surface area contributed by atoms with Crippen molar-refractivity contribution < 1.29 is 28.2 Å². The summed E-state index contributed by atoms with van der Waals surface area (Å²) in [5.74, 6) is -4.82. The van der Waals surface area contributed by atoms with Crippen molar-refractivity contribution in [3.8, 4) is 11.5 Å². The molecule has 1 atom stereocenters. The third-order valence-corrected chi connectivity index (χ3v) is 3.02. The summed E-state index contributed by atoms with van der Waals surface area (Å²) in [5.41, 5.74) is -0.295. The number of aliphatic carboxylic acids is 1. The van der Waals surface area contributed by atoms with E-state index in [1.807, 2.05) is 0 Å². The molecule has 1 aromatic carbocycles. The number of alkyl halides is 2. The molecule has 0 amide bonds. The Labute approximate surface area is 108 Å². The molecule has 0 aromatic heterocycles. The molecule has 1 unspecified atom stereocenters. The fraction of sp³-hybridized carbons (Fsp3) is 0.462. The van der Waals surface area contributed by atoms with E-state index in [9.17, 15) is 13.6 Å². The van der Waals surface area contributed by atoms with Crippen LogP contribution in [0.2, 0.25) is 0 Å². The first-order valence-electron chi connectivity index (χ1n) is 5.85. The molecule has 0 fully saturated rings. The third-order valence-electron chi connectivity index (χ3n) is 3.02. The van der Waals surface area contributed by atoms with Gasteiger partial charge in [-0.1, -0.05) is 0 Å². The third kappa shape index (κ3) is 2.62. The normalized spacial score (nSPS) is 16.0. The van der Waals surface area contributed by atoms with Gasteiger partial charge >= 0.3 is 5.97 Å². The zero-order valence-electron chi connectivity index (χ0n) is 10.6. The predicted octanol–water partition coefficient (Wildman–Crippen LogP) is 2.76. The fourth-order valence-corrected chi connectivity index (χ4v) is 1.98. The Morgan fingerprint density at radius 3 is 2.32 bits per heavy atom. The van der Waals surface area contributed by atoms with Gasteiger partial charge in [0.2, 0.25) is 0 Å². The van der Waals surface area contributed by atoms with Crippen molar-refractivity contribution in [3.05, 3.63) is 23.3 Å². The van der Waals surface area contributed by atoms with Gasteiger partial charge in [-0.2, -0.15) is 0 Å². The highest BCUT2D eigenvalue weighted by molar-refractivity contribution is 5.77. The lowest BCUT2D eigenvalue weighted by Crippen LogP contribution is -2.20. The summed E-state index contributed by atoms with van der Waals surface area (Å²) in [6.07, 6.45) is 0. The van der Waals surface area contributed by atoms with Crippen molar-refractivity contribution in [3.63, 3.8) is 0 Å². The molecule has 1 N–H and O–H groups in total. The Balaban J connectivity index is 2.59. The summed E-state index contributed by atoms with van der Waals surface area (Å²) in [4.78, 5) is 11.0. The number of fused-ring (bicyclic) bond motifs is 1. The number of hydrogen-bond acceptors (Lipinski definition) is 3. The van der Waals surface area contributed by atoms with Gasteiger partial charge in [0, 0.05) is 12.5 Å². The molecule has 4 nitrogen and oxygen atoms in total. The summed E-state index contributed by atoms with van der Waals surface area (Å²) in [5, 5.41) is 9.01. The van der Waals surface area contributed by atoms with Gasteiger partial charge in [0.1, 0.15) is 13.2 Å². The molecule has 0 radical (unpaired) electrons. The molecule has 0 saturated carbocycles. The average molecular weight is 272 g/mol. The lowest BCUT2D eigenvalue weighted by Gasteiger charge is -2.24. The fourth-order valence-electron chi connectivity index (χ4n) is 1.98. The summed E-state index contributed by atoms with van der Waals surface area (Å²) < 4.78 is 37.8. The average Bonchev–Trinajstić information content (AvgIpc) is 2.35. The summed E-state index contributed by atoms with van der Waals surface area (Å²) in [6, 6.07) is 2.50. The van der Waals surface area contributed by atoms with E-state index in [4.69, 9.17) is 14.6 Å². The number of carboxylic acids is 1. The topological polar surface area (TPSA) is 55.8 Å². The molecule has 6 heteroatoms. The number of halogens is 2. The van der Waals surface area contributed by atoms with Crippen molar-refractivity contribution in [1.29, 1.82) is 0 Å². The van der Waals surface area contributed by atoms with Gasteiger partial charge in [0.25, 0.3) is 5.92 Å². The minimum Gasteiger partial charge on any atom is -0.486 e. The van der Waals surface area contributed by atoms with Crippen LogP contribution in [0.5, 0.6) is 11.5 Å². The Morgan fingerprint density at radius 2 is 1.84 bits per heavy atom. The van der Waals surface area contributed by atoms with E-state index in [2.05, 4.69) is 0 Å². The van der Waals surface area contributed by atoms with Crippen molar-refractivity contribution >= 4 is 5.97 Å². The molecular weight excluding hydrogens is 258 g/mol. The molecule has 2 rings (SSSR count). The first-order valence-corrected chi connectivity index (χ1v) is 5.85. The number of rotatable bonds is 3. The molecule has 1 aliphatic heterocycles. The lowest BCUT2D eigenvalue weighted by molar-refractivity contribution is -0.138. The van der Waals surface area contributed by atoms with E-state index in [-0.39, 0.29) is 23.5 Å². The zero-order valence-corrected chi connectivity index (χ0v) is 10.6. The van der Waals surface area contributed by atoms with Gasteiger partial charge < -0.3 is 14.6 Å². The van der Waals surface area contributed by atoms with Gasteiger partial charge in [-0.3, -0.25) is 4.79 Å². The summed E-state index contributed by atoms with van der Waals surface area (Å²) in [6.45, 7) is 2.70. The van der Waals surface area contributed by atoms with Crippen molar-refractivity contribution in [2.45, 2.75) is 25.7 Å². The molecular formula is C13H14F2O4. The monoisotopic (exact) mass is 272 g/mol. The second kappa shape index (κ2) is 4.68. The summed E-state index contributed by atoms with van der Waals surface area (Å²) >= 11 is 0. The molecule has 1 aliphatic rings. The minimum atomic E-state index is -3.14. The van der Waals surface area contributed by atoms with E-state index in [1.54, 1.807) is 0 Å². The van der Waals surface area contributed by atoms with Crippen molar-refractivity contribution in [1.82, 2.24) is 0 Å². The van der Waals surface area contributed by atoms with Crippen LogP contribution in [-0.2, 0) is 10.7 Å². The van der Waals surface area contributed by atoms with Gasteiger partial charge in [-0.15, -0.1) is 0 Å². The standard InChI is InChI=1S/C13H14F2O4/c1-7(12(16)17)8-5-10-11(19-4-3-18-10)6-9(8)13(2,14)15/h5-7H,3-4H2,1-2H3,(H,16,17). The predicted molar refractivity (Wildman–Crippen MR) is 63.1 cm³/mol. The smallest absolute Gasteiger partial charge is 0.310 e. The van der Waals surface area contributed by atoms with Gasteiger partial charge in [-0.25, -0.2) is 8.78 Å². The van der Waals surface area contributed by atoms with Crippen LogP contribution in [0.3, 0.4) is 0 Å².